The number of fused-ring (bicyclic) bond motifs is 1. The summed E-state index contributed by atoms with van der Waals surface area (Å²) in [5.41, 5.74) is 3.66. The molecule has 0 saturated carbocycles. The van der Waals surface area contributed by atoms with Crippen LogP contribution in [0.15, 0.2) is 53.4 Å². The molecule has 0 spiro atoms. The third kappa shape index (κ3) is 3.95. The average Bonchev–Trinajstić information content (AvgIpc) is 2.73. The predicted octanol–water partition coefficient (Wildman–Crippen LogP) is 3.67. The van der Waals surface area contributed by atoms with Gasteiger partial charge >= 0.3 is 0 Å². The van der Waals surface area contributed by atoms with Gasteiger partial charge in [-0.25, -0.2) is 8.42 Å². The zero-order valence-corrected chi connectivity index (χ0v) is 17.7. The molecule has 1 aliphatic heterocycles. The van der Waals surface area contributed by atoms with Gasteiger partial charge in [0.1, 0.15) is 4.90 Å². The van der Waals surface area contributed by atoms with Gasteiger partial charge in [-0.2, -0.15) is 10.4 Å². The summed E-state index contributed by atoms with van der Waals surface area (Å²) in [7, 11) is -3.90. The van der Waals surface area contributed by atoms with Gasteiger partial charge in [-0.15, -0.1) is 5.10 Å². The highest BCUT2D eigenvalue weighted by Gasteiger charge is 2.24. The molecule has 1 aliphatic rings. The summed E-state index contributed by atoms with van der Waals surface area (Å²) in [5.74, 6) is 0.793. The maximum atomic E-state index is 12.9. The van der Waals surface area contributed by atoms with Crippen molar-refractivity contribution in [2.45, 2.75) is 24.8 Å². The number of aromatic nitrogens is 2. The lowest BCUT2D eigenvalue weighted by molar-refractivity contribution is 0.601. The fourth-order valence-corrected chi connectivity index (χ4v) is 5.09. The summed E-state index contributed by atoms with van der Waals surface area (Å²) in [6.07, 6.45) is 0.657. The lowest BCUT2D eigenvalue weighted by Gasteiger charge is -2.30. The molecule has 1 N–H and O–H groups in total. The van der Waals surface area contributed by atoms with Crippen molar-refractivity contribution in [3.8, 4) is 6.07 Å². The van der Waals surface area contributed by atoms with Gasteiger partial charge in [0.25, 0.3) is 10.0 Å². The predicted molar refractivity (Wildman–Crippen MR) is 115 cm³/mol. The Morgan fingerprint density at radius 1 is 1.17 bits per heavy atom. The average molecular weight is 440 g/mol. The summed E-state index contributed by atoms with van der Waals surface area (Å²) >= 11 is 6.11. The second kappa shape index (κ2) is 7.94. The van der Waals surface area contributed by atoms with Crippen molar-refractivity contribution in [1.29, 1.82) is 5.26 Å². The third-order valence-electron chi connectivity index (χ3n) is 4.97. The van der Waals surface area contributed by atoms with E-state index >= 15 is 0 Å². The lowest BCUT2D eigenvalue weighted by Crippen LogP contribution is -2.32. The fourth-order valence-electron chi connectivity index (χ4n) is 3.45. The molecule has 2 aromatic carbocycles. The van der Waals surface area contributed by atoms with Gasteiger partial charge in [0.2, 0.25) is 0 Å². The summed E-state index contributed by atoms with van der Waals surface area (Å²) in [5, 5.41) is 17.3. The van der Waals surface area contributed by atoms with E-state index in [1.54, 1.807) is 6.07 Å². The number of benzene rings is 2. The Balaban J connectivity index is 1.61. The first-order chi connectivity index (χ1) is 14.4. The molecule has 30 heavy (non-hydrogen) atoms. The van der Waals surface area contributed by atoms with Gasteiger partial charge < -0.3 is 4.90 Å². The number of nitriles is 1. The first-order valence-corrected chi connectivity index (χ1v) is 11.1. The number of hydrogen-bond acceptors (Lipinski definition) is 6. The molecule has 0 atom stereocenters. The number of halogens is 1. The Labute approximate surface area is 180 Å². The third-order valence-corrected chi connectivity index (χ3v) is 6.82. The quantitative estimate of drug-likeness (QED) is 0.665. The molecule has 0 radical (unpaired) electrons. The highest BCUT2D eigenvalue weighted by Crippen LogP contribution is 2.31. The Bertz CT molecular complexity index is 1250. The maximum absolute atomic E-state index is 12.9. The van der Waals surface area contributed by atoms with Gasteiger partial charge in [0.05, 0.1) is 28.0 Å². The van der Waals surface area contributed by atoms with E-state index in [1.807, 2.05) is 37.3 Å². The number of anilines is 2. The Morgan fingerprint density at radius 2 is 2.00 bits per heavy atom. The van der Waals surface area contributed by atoms with Gasteiger partial charge in [-0.3, -0.25) is 4.72 Å². The number of nitrogens with one attached hydrogen (secondary N) is 1. The molecule has 0 bridgehead atoms. The van der Waals surface area contributed by atoms with Crippen LogP contribution in [0.2, 0.25) is 5.02 Å². The molecule has 0 saturated heterocycles. The SMILES string of the molecule is Cc1ccc(N2CCc3c(cccc3NS(=O)(=O)c3ccc(C#N)cc3Cl)C2)nn1. The summed E-state index contributed by atoms with van der Waals surface area (Å²) in [6, 6.07) is 15.5. The summed E-state index contributed by atoms with van der Waals surface area (Å²) < 4.78 is 28.5. The van der Waals surface area contributed by atoms with Crippen molar-refractivity contribution >= 4 is 33.1 Å². The Kier molecular flexibility index (Phi) is 5.33. The second-order valence-corrected chi connectivity index (χ2v) is 9.07. The van der Waals surface area contributed by atoms with E-state index in [9.17, 15) is 8.42 Å². The zero-order chi connectivity index (χ0) is 21.3. The molecule has 1 aromatic heterocycles. The molecule has 9 heteroatoms. The molecule has 7 nitrogen and oxygen atoms in total. The van der Waals surface area contributed by atoms with Gasteiger partial charge in [0.15, 0.2) is 5.82 Å². The van der Waals surface area contributed by atoms with E-state index in [4.69, 9.17) is 16.9 Å². The monoisotopic (exact) mass is 439 g/mol. The van der Waals surface area contributed by atoms with Crippen molar-refractivity contribution < 1.29 is 8.42 Å². The Morgan fingerprint density at radius 3 is 2.70 bits per heavy atom. The van der Waals surface area contributed by atoms with Crippen LogP contribution >= 0.6 is 11.6 Å². The summed E-state index contributed by atoms with van der Waals surface area (Å²) in [6.45, 7) is 3.20. The van der Waals surface area contributed by atoms with Crippen LogP contribution in [-0.2, 0) is 23.0 Å². The number of hydrogen-bond donors (Lipinski definition) is 1. The van der Waals surface area contributed by atoms with Crippen LogP contribution in [0.1, 0.15) is 22.4 Å². The zero-order valence-electron chi connectivity index (χ0n) is 16.1. The number of nitrogens with zero attached hydrogens (tertiary/aromatic N) is 4. The molecule has 0 amide bonds. The molecule has 0 aliphatic carbocycles. The minimum absolute atomic E-state index is 0.00969. The van der Waals surface area contributed by atoms with Gasteiger partial charge in [0, 0.05) is 13.1 Å². The number of rotatable bonds is 4. The van der Waals surface area contributed by atoms with E-state index in [1.165, 1.54) is 18.2 Å². The second-order valence-electron chi connectivity index (χ2n) is 7.01. The van der Waals surface area contributed by atoms with E-state index in [0.29, 0.717) is 30.8 Å². The standard InChI is InChI=1S/C21H18ClN5O2S/c1-14-5-8-21(25-24-14)27-10-9-17-16(13-27)3-2-4-19(17)26-30(28,29)20-7-6-15(12-23)11-18(20)22/h2-8,11,26H,9-10,13H2,1H3. The molecular formula is C21H18ClN5O2S. The first-order valence-electron chi connectivity index (χ1n) is 9.26. The molecule has 4 rings (SSSR count). The normalized spacial score (nSPS) is 13.4. The molecule has 3 aromatic rings. The highest BCUT2D eigenvalue weighted by molar-refractivity contribution is 7.92. The van der Waals surface area contributed by atoms with E-state index in [0.717, 1.165) is 22.6 Å². The van der Waals surface area contributed by atoms with E-state index < -0.39 is 10.0 Å². The number of sulfonamides is 1. The van der Waals surface area contributed by atoms with Gasteiger partial charge in [-0.1, -0.05) is 23.7 Å². The van der Waals surface area contributed by atoms with Crippen LogP contribution in [0.5, 0.6) is 0 Å². The van der Waals surface area contributed by atoms with Crippen LogP contribution in [0, 0.1) is 18.3 Å². The van der Waals surface area contributed by atoms with Crippen LogP contribution in [0.3, 0.4) is 0 Å². The molecule has 0 unspecified atom stereocenters. The smallest absolute Gasteiger partial charge is 0.263 e. The molecule has 2 heterocycles. The topological polar surface area (TPSA) is 99.0 Å². The minimum atomic E-state index is -3.90. The molecule has 152 valence electrons. The van der Waals surface area contributed by atoms with Crippen molar-refractivity contribution in [2.75, 3.05) is 16.2 Å². The highest BCUT2D eigenvalue weighted by atomic mass is 35.5. The molecular weight excluding hydrogens is 422 g/mol. The maximum Gasteiger partial charge on any atom is 0.263 e. The van der Waals surface area contributed by atoms with Crippen LogP contribution in [0.25, 0.3) is 0 Å². The van der Waals surface area contributed by atoms with Crippen molar-refractivity contribution in [3.05, 3.63) is 75.9 Å². The van der Waals surface area contributed by atoms with E-state index in [2.05, 4.69) is 19.8 Å². The molecule has 0 fully saturated rings. The lowest BCUT2D eigenvalue weighted by atomic mass is 9.98. The number of aryl methyl sites for hydroxylation is 1. The van der Waals surface area contributed by atoms with Crippen LogP contribution < -0.4 is 9.62 Å². The first kappa shape index (κ1) is 20.1. The van der Waals surface area contributed by atoms with Gasteiger partial charge in [-0.05, 0) is 60.9 Å². The largest absolute Gasteiger partial charge is 0.350 e. The summed E-state index contributed by atoms with van der Waals surface area (Å²) in [4.78, 5) is 2.05. The van der Waals surface area contributed by atoms with Crippen molar-refractivity contribution in [3.63, 3.8) is 0 Å². The Hall–Kier alpha value is -3.15. The van der Waals surface area contributed by atoms with Crippen molar-refractivity contribution in [2.24, 2.45) is 0 Å². The fraction of sp³-hybridized carbons (Fsp3) is 0.190. The van der Waals surface area contributed by atoms with Crippen LogP contribution in [0.4, 0.5) is 11.5 Å². The van der Waals surface area contributed by atoms with E-state index in [-0.39, 0.29) is 9.92 Å². The van der Waals surface area contributed by atoms with Crippen LogP contribution in [-0.4, -0.2) is 25.2 Å². The van der Waals surface area contributed by atoms with Crippen molar-refractivity contribution in [1.82, 2.24) is 10.2 Å². The minimum Gasteiger partial charge on any atom is -0.350 e.